The predicted molar refractivity (Wildman–Crippen MR) is 94.0 cm³/mol. The number of anilines is 1. The third-order valence-electron chi connectivity index (χ3n) is 3.40. The zero-order valence-electron chi connectivity index (χ0n) is 14.4. The van der Waals surface area contributed by atoms with Gasteiger partial charge in [-0.15, -0.1) is 0 Å². The van der Waals surface area contributed by atoms with Crippen molar-refractivity contribution in [2.24, 2.45) is 0 Å². The molecule has 0 bridgehead atoms. The first-order chi connectivity index (χ1) is 12.1. The van der Waals surface area contributed by atoms with Gasteiger partial charge < -0.3 is 19.5 Å². The van der Waals surface area contributed by atoms with Crippen molar-refractivity contribution >= 4 is 11.6 Å². The molecular formula is C19H20N2O4. The summed E-state index contributed by atoms with van der Waals surface area (Å²) < 4.78 is 16.3. The molecule has 1 atom stereocenters. The lowest BCUT2D eigenvalue weighted by Crippen LogP contribution is -2.30. The number of nitriles is 1. The van der Waals surface area contributed by atoms with Crippen LogP contribution in [0.5, 0.6) is 17.2 Å². The van der Waals surface area contributed by atoms with Gasteiger partial charge in [-0.3, -0.25) is 4.79 Å². The molecule has 130 valence electrons. The Morgan fingerprint density at radius 1 is 1.20 bits per heavy atom. The summed E-state index contributed by atoms with van der Waals surface area (Å²) in [6.45, 7) is 4.06. The SMILES string of the molecule is CCOc1ccc(NC(=O)[C@H](C)Oc2ccc(C#N)cc2)cc1OC. The van der Waals surface area contributed by atoms with Crippen LogP contribution in [-0.4, -0.2) is 25.7 Å². The van der Waals surface area contributed by atoms with Crippen molar-refractivity contribution in [2.45, 2.75) is 20.0 Å². The van der Waals surface area contributed by atoms with E-state index in [2.05, 4.69) is 5.32 Å². The summed E-state index contributed by atoms with van der Waals surface area (Å²) >= 11 is 0. The van der Waals surface area contributed by atoms with Gasteiger partial charge in [0.1, 0.15) is 5.75 Å². The predicted octanol–water partition coefficient (Wildman–Crippen LogP) is 3.37. The van der Waals surface area contributed by atoms with E-state index in [4.69, 9.17) is 19.5 Å². The molecule has 0 aromatic heterocycles. The third-order valence-corrected chi connectivity index (χ3v) is 3.40. The Balaban J connectivity index is 2.01. The first kappa shape index (κ1) is 18.1. The molecular weight excluding hydrogens is 320 g/mol. The fourth-order valence-corrected chi connectivity index (χ4v) is 2.13. The molecule has 1 amide bonds. The molecule has 0 aliphatic carbocycles. The van der Waals surface area contributed by atoms with Crippen molar-refractivity contribution in [3.63, 3.8) is 0 Å². The molecule has 0 saturated heterocycles. The van der Waals surface area contributed by atoms with Gasteiger partial charge in [0.15, 0.2) is 17.6 Å². The molecule has 0 aliphatic heterocycles. The minimum atomic E-state index is -0.703. The number of carbonyl (C=O) groups is 1. The number of methoxy groups -OCH3 is 1. The Hall–Kier alpha value is -3.20. The van der Waals surface area contributed by atoms with Crippen LogP contribution in [0.15, 0.2) is 42.5 Å². The van der Waals surface area contributed by atoms with Crippen LogP contribution >= 0.6 is 0 Å². The number of nitrogens with zero attached hydrogens (tertiary/aromatic N) is 1. The molecule has 25 heavy (non-hydrogen) atoms. The van der Waals surface area contributed by atoms with E-state index in [1.807, 2.05) is 13.0 Å². The van der Waals surface area contributed by atoms with Crippen LogP contribution in [0.1, 0.15) is 19.4 Å². The number of ether oxygens (including phenoxy) is 3. The maximum atomic E-state index is 12.3. The fraction of sp³-hybridized carbons (Fsp3) is 0.263. The number of carbonyl (C=O) groups excluding carboxylic acids is 1. The largest absolute Gasteiger partial charge is 0.493 e. The van der Waals surface area contributed by atoms with Crippen LogP contribution in [0, 0.1) is 11.3 Å². The van der Waals surface area contributed by atoms with Gasteiger partial charge in [0, 0.05) is 11.8 Å². The topological polar surface area (TPSA) is 80.6 Å². The third kappa shape index (κ3) is 4.88. The van der Waals surface area contributed by atoms with E-state index in [1.54, 1.807) is 56.5 Å². The molecule has 0 fully saturated rings. The van der Waals surface area contributed by atoms with Crippen molar-refractivity contribution in [3.05, 3.63) is 48.0 Å². The van der Waals surface area contributed by atoms with Gasteiger partial charge >= 0.3 is 0 Å². The first-order valence-corrected chi connectivity index (χ1v) is 7.86. The van der Waals surface area contributed by atoms with E-state index < -0.39 is 6.10 Å². The van der Waals surface area contributed by atoms with E-state index in [0.717, 1.165) is 0 Å². The molecule has 2 aromatic rings. The molecule has 0 unspecified atom stereocenters. The van der Waals surface area contributed by atoms with E-state index in [0.29, 0.717) is 35.1 Å². The van der Waals surface area contributed by atoms with Crippen LogP contribution in [0.3, 0.4) is 0 Å². The van der Waals surface area contributed by atoms with Crippen LogP contribution in [0.2, 0.25) is 0 Å². The Morgan fingerprint density at radius 3 is 2.52 bits per heavy atom. The van der Waals surface area contributed by atoms with Gasteiger partial charge in [0.2, 0.25) is 0 Å². The molecule has 0 radical (unpaired) electrons. The van der Waals surface area contributed by atoms with Crippen molar-refractivity contribution < 1.29 is 19.0 Å². The highest BCUT2D eigenvalue weighted by atomic mass is 16.5. The van der Waals surface area contributed by atoms with Crippen molar-refractivity contribution in [1.82, 2.24) is 0 Å². The molecule has 1 N–H and O–H groups in total. The zero-order chi connectivity index (χ0) is 18.2. The fourth-order valence-electron chi connectivity index (χ4n) is 2.13. The lowest BCUT2D eigenvalue weighted by atomic mass is 10.2. The van der Waals surface area contributed by atoms with Gasteiger partial charge in [-0.05, 0) is 50.2 Å². The number of amides is 1. The van der Waals surface area contributed by atoms with Crippen molar-refractivity contribution in [3.8, 4) is 23.3 Å². The summed E-state index contributed by atoms with van der Waals surface area (Å²) in [5.74, 6) is 1.38. The summed E-state index contributed by atoms with van der Waals surface area (Å²) in [7, 11) is 1.54. The second kappa shape index (κ2) is 8.60. The summed E-state index contributed by atoms with van der Waals surface area (Å²) in [4.78, 5) is 12.3. The molecule has 6 nitrogen and oxygen atoms in total. The van der Waals surface area contributed by atoms with Crippen LogP contribution in [0.25, 0.3) is 0 Å². The Kier molecular flexibility index (Phi) is 6.24. The molecule has 0 spiro atoms. The van der Waals surface area contributed by atoms with Gasteiger partial charge in [-0.2, -0.15) is 5.26 Å². The Bertz CT molecular complexity index is 766. The molecule has 2 aromatic carbocycles. The number of hydrogen-bond acceptors (Lipinski definition) is 5. The summed E-state index contributed by atoms with van der Waals surface area (Å²) in [6, 6.07) is 13.8. The van der Waals surface area contributed by atoms with Crippen LogP contribution in [-0.2, 0) is 4.79 Å². The smallest absolute Gasteiger partial charge is 0.265 e. The molecule has 0 heterocycles. The minimum absolute atomic E-state index is 0.296. The van der Waals surface area contributed by atoms with E-state index in [1.165, 1.54) is 0 Å². The van der Waals surface area contributed by atoms with E-state index in [9.17, 15) is 4.79 Å². The minimum Gasteiger partial charge on any atom is -0.493 e. The average molecular weight is 340 g/mol. The number of hydrogen-bond donors (Lipinski definition) is 1. The average Bonchev–Trinajstić information content (AvgIpc) is 2.63. The maximum Gasteiger partial charge on any atom is 0.265 e. The maximum absolute atomic E-state index is 12.3. The first-order valence-electron chi connectivity index (χ1n) is 7.86. The lowest BCUT2D eigenvalue weighted by Gasteiger charge is -2.16. The quantitative estimate of drug-likeness (QED) is 0.836. The highest BCUT2D eigenvalue weighted by Gasteiger charge is 2.16. The Labute approximate surface area is 146 Å². The lowest BCUT2D eigenvalue weighted by molar-refractivity contribution is -0.122. The standard InChI is InChI=1S/C19H20N2O4/c1-4-24-17-10-7-15(11-18(17)23-3)21-19(22)13(2)25-16-8-5-14(12-20)6-9-16/h5-11,13H,4H2,1-3H3,(H,21,22)/t13-/m0/s1. The second-order valence-electron chi connectivity index (χ2n) is 5.18. The molecule has 2 rings (SSSR count). The van der Waals surface area contributed by atoms with Crippen LogP contribution < -0.4 is 19.5 Å². The summed E-state index contributed by atoms with van der Waals surface area (Å²) in [5, 5.41) is 11.6. The highest BCUT2D eigenvalue weighted by molar-refractivity contribution is 5.94. The number of benzene rings is 2. The highest BCUT2D eigenvalue weighted by Crippen LogP contribution is 2.30. The molecule has 6 heteroatoms. The number of nitrogens with one attached hydrogen (secondary N) is 1. The second-order valence-corrected chi connectivity index (χ2v) is 5.18. The van der Waals surface area contributed by atoms with Crippen LogP contribution in [0.4, 0.5) is 5.69 Å². The number of rotatable bonds is 7. The molecule has 0 saturated carbocycles. The molecule has 0 aliphatic rings. The van der Waals surface area contributed by atoms with Crippen molar-refractivity contribution in [1.29, 1.82) is 5.26 Å². The van der Waals surface area contributed by atoms with Crippen molar-refractivity contribution in [2.75, 3.05) is 19.0 Å². The zero-order valence-corrected chi connectivity index (χ0v) is 14.4. The van der Waals surface area contributed by atoms with E-state index in [-0.39, 0.29) is 5.91 Å². The van der Waals surface area contributed by atoms with Gasteiger partial charge in [0.05, 0.1) is 25.3 Å². The Morgan fingerprint density at radius 2 is 1.92 bits per heavy atom. The summed E-state index contributed by atoms with van der Waals surface area (Å²) in [5.41, 5.74) is 1.12. The van der Waals surface area contributed by atoms with Gasteiger partial charge in [0.25, 0.3) is 5.91 Å². The summed E-state index contributed by atoms with van der Waals surface area (Å²) in [6.07, 6.45) is -0.703. The van der Waals surface area contributed by atoms with Gasteiger partial charge in [-0.25, -0.2) is 0 Å². The van der Waals surface area contributed by atoms with Gasteiger partial charge in [-0.1, -0.05) is 0 Å². The monoisotopic (exact) mass is 340 g/mol. The normalized spacial score (nSPS) is 11.1. The van der Waals surface area contributed by atoms with E-state index >= 15 is 0 Å².